The van der Waals surface area contributed by atoms with Crippen molar-refractivity contribution in [1.29, 1.82) is 0 Å². The fraction of sp³-hybridized carbons (Fsp3) is 0.654. The van der Waals surface area contributed by atoms with Gasteiger partial charge in [-0.15, -0.1) is 0 Å². The molecule has 1 heterocycles. The lowest BCUT2D eigenvalue weighted by Crippen LogP contribution is -2.22. The van der Waals surface area contributed by atoms with Crippen LogP contribution >= 0.6 is 0 Å². The Balaban J connectivity index is 0.00000218. The second-order valence-electron chi connectivity index (χ2n) is 8.92. The molecule has 0 amide bonds. The van der Waals surface area contributed by atoms with E-state index >= 15 is 0 Å². The van der Waals surface area contributed by atoms with Crippen LogP contribution in [0.5, 0.6) is 0 Å². The highest BCUT2D eigenvalue weighted by atomic mass is 16.5. The highest BCUT2D eigenvalue weighted by Crippen LogP contribution is 2.31. The van der Waals surface area contributed by atoms with Gasteiger partial charge in [0.15, 0.2) is 0 Å². The summed E-state index contributed by atoms with van der Waals surface area (Å²) in [5.74, 6) is 0.0270. The van der Waals surface area contributed by atoms with Gasteiger partial charge in [0, 0.05) is 26.1 Å². The second kappa shape index (κ2) is 13.6. The third-order valence-corrected chi connectivity index (χ3v) is 6.11. The van der Waals surface area contributed by atoms with Crippen LogP contribution in [0.4, 0.5) is 0 Å². The first-order valence-electron chi connectivity index (χ1n) is 11.4. The number of cyclic esters (lactones) is 1. The van der Waals surface area contributed by atoms with Crippen molar-refractivity contribution in [2.45, 2.75) is 90.6 Å². The quantitative estimate of drug-likeness (QED) is 0.511. The molecule has 170 valence electrons. The van der Waals surface area contributed by atoms with Crippen molar-refractivity contribution in [3.63, 3.8) is 0 Å². The Morgan fingerprint density at radius 2 is 1.97 bits per heavy atom. The van der Waals surface area contributed by atoms with E-state index in [0.29, 0.717) is 6.42 Å². The molecule has 0 aliphatic carbocycles. The number of hydrogen-bond acceptors (Lipinski definition) is 4. The maximum absolute atomic E-state index is 12.4. The fourth-order valence-corrected chi connectivity index (χ4v) is 4.00. The number of fused-ring (bicyclic) bond motifs is 2. The third kappa shape index (κ3) is 8.61. The van der Waals surface area contributed by atoms with Crippen LogP contribution in [0.3, 0.4) is 0 Å². The first-order chi connectivity index (χ1) is 14.4. The van der Waals surface area contributed by atoms with Gasteiger partial charge in [0.1, 0.15) is 6.10 Å². The normalized spacial score (nSPS) is 21.5. The lowest BCUT2D eigenvalue weighted by Gasteiger charge is -2.27. The van der Waals surface area contributed by atoms with Crippen molar-refractivity contribution in [3.05, 3.63) is 47.0 Å². The first-order valence-corrected chi connectivity index (χ1v) is 11.4. The SMILES string of the molecule is CC[C@H](/C=C(/C)[C@@H]1CCCCC(C)(C)c2cccc(c2)CCCC(=O)O1)CO.CO. The van der Waals surface area contributed by atoms with E-state index in [1.54, 1.807) is 0 Å². The molecule has 4 nitrogen and oxygen atoms in total. The number of hydrogen-bond donors (Lipinski definition) is 2. The molecule has 4 heteroatoms. The van der Waals surface area contributed by atoms with Gasteiger partial charge in [0.25, 0.3) is 0 Å². The molecule has 1 aliphatic rings. The molecule has 0 fully saturated rings. The number of ether oxygens (including phenoxy) is 1. The van der Waals surface area contributed by atoms with E-state index in [-0.39, 0.29) is 30.0 Å². The highest BCUT2D eigenvalue weighted by Gasteiger charge is 2.22. The van der Waals surface area contributed by atoms with Crippen molar-refractivity contribution in [3.8, 4) is 0 Å². The molecule has 0 radical (unpaired) electrons. The minimum atomic E-state index is -0.169. The average Bonchev–Trinajstić information content (AvgIpc) is 2.75. The Hall–Kier alpha value is -1.65. The van der Waals surface area contributed by atoms with E-state index < -0.39 is 0 Å². The molecular formula is C26H42O4. The summed E-state index contributed by atoms with van der Waals surface area (Å²) in [6.45, 7) is 8.90. The average molecular weight is 419 g/mol. The van der Waals surface area contributed by atoms with E-state index in [2.05, 4.69) is 51.1 Å². The van der Waals surface area contributed by atoms with Gasteiger partial charge in [-0.2, -0.15) is 0 Å². The van der Waals surface area contributed by atoms with E-state index in [1.807, 2.05) is 6.92 Å². The maximum atomic E-state index is 12.4. The molecule has 0 saturated carbocycles. The minimum absolute atomic E-state index is 0.108. The van der Waals surface area contributed by atoms with Crippen LogP contribution in [0.2, 0.25) is 0 Å². The summed E-state index contributed by atoms with van der Waals surface area (Å²) in [5, 5.41) is 16.5. The molecule has 0 spiro atoms. The largest absolute Gasteiger partial charge is 0.458 e. The third-order valence-electron chi connectivity index (χ3n) is 6.11. The fourth-order valence-electron chi connectivity index (χ4n) is 4.00. The summed E-state index contributed by atoms with van der Waals surface area (Å²) >= 11 is 0. The first kappa shape index (κ1) is 26.4. The maximum Gasteiger partial charge on any atom is 0.306 e. The van der Waals surface area contributed by atoms with Crippen LogP contribution in [-0.4, -0.2) is 36.0 Å². The van der Waals surface area contributed by atoms with E-state index in [0.717, 1.165) is 57.6 Å². The van der Waals surface area contributed by atoms with Crippen LogP contribution in [0.1, 0.15) is 83.8 Å². The molecule has 0 unspecified atom stereocenters. The summed E-state index contributed by atoms with van der Waals surface area (Å²) in [5.41, 5.74) is 3.93. The Kier molecular flexibility index (Phi) is 12.0. The van der Waals surface area contributed by atoms with Crippen LogP contribution < -0.4 is 0 Å². The Morgan fingerprint density at radius 3 is 2.63 bits per heavy atom. The zero-order valence-corrected chi connectivity index (χ0v) is 19.6. The van der Waals surface area contributed by atoms with E-state index in [9.17, 15) is 9.90 Å². The Morgan fingerprint density at radius 1 is 1.23 bits per heavy atom. The van der Waals surface area contributed by atoms with Crippen LogP contribution in [0.25, 0.3) is 0 Å². The molecule has 1 aromatic rings. The zero-order chi connectivity index (χ0) is 22.6. The molecule has 2 N–H and O–H groups in total. The zero-order valence-electron chi connectivity index (χ0n) is 19.6. The Bertz CT molecular complexity index is 659. The van der Waals surface area contributed by atoms with Crippen molar-refractivity contribution in [1.82, 2.24) is 0 Å². The van der Waals surface area contributed by atoms with Crippen LogP contribution in [0.15, 0.2) is 35.9 Å². The lowest BCUT2D eigenvalue weighted by molar-refractivity contribution is -0.147. The molecule has 2 atom stereocenters. The number of rotatable bonds is 4. The number of carbonyl (C=O) groups is 1. The smallest absolute Gasteiger partial charge is 0.306 e. The molecule has 0 aromatic heterocycles. The van der Waals surface area contributed by atoms with Gasteiger partial charge in [-0.05, 0) is 67.6 Å². The summed E-state index contributed by atoms with van der Waals surface area (Å²) in [7, 11) is 1.00. The second-order valence-corrected chi connectivity index (χ2v) is 8.92. The molecular weight excluding hydrogens is 376 g/mol. The predicted octanol–water partition coefficient (Wildman–Crippen LogP) is 5.35. The van der Waals surface area contributed by atoms with Crippen molar-refractivity contribution in [2.24, 2.45) is 5.92 Å². The topological polar surface area (TPSA) is 66.8 Å². The Labute approximate surface area is 183 Å². The summed E-state index contributed by atoms with van der Waals surface area (Å²) in [4.78, 5) is 12.4. The number of carbonyl (C=O) groups excluding carboxylic acids is 1. The number of esters is 1. The van der Waals surface area contributed by atoms with Gasteiger partial charge < -0.3 is 14.9 Å². The van der Waals surface area contributed by atoms with Crippen molar-refractivity contribution in [2.75, 3.05) is 13.7 Å². The van der Waals surface area contributed by atoms with Gasteiger partial charge >= 0.3 is 5.97 Å². The van der Waals surface area contributed by atoms with E-state index in [1.165, 1.54) is 11.1 Å². The number of aliphatic hydroxyl groups excluding tert-OH is 2. The summed E-state index contributed by atoms with van der Waals surface area (Å²) in [6, 6.07) is 8.85. The number of aliphatic hydroxyl groups is 2. The molecule has 1 aromatic carbocycles. The van der Waals surface area contributed by atoms with Crippen LogP contribution in [0, 0.1) is 5.92 Å². The van der Waals surface area contributed by atoms with Gasteiger partial charge in [-0.1, -0.05) is 57.5 Å². The summed E-state index contributed by atoms with van der Waals surface area (Å²) < 4.78 is 5.87. The monoisotopic (exact) mass is 418 g/mol. The van der Waals surface area contributed by atoms with Crippen molar-refractivity contribution >= 4 is 5.97 Å². The van der Waals surface area contributed by atoms with Crippen LogP contribution in [-0.2, 0) is 21.4 Å². The standard InChI is InChI=1S/C25H38O3.CH4O/c1-5-20(18-26)16-19(2)23-13-6-7-15-25(3,4)22-12-8-10-21(17-22)11-9-14-24(27)28-23;1-2/h8,10,12,16-17,20,23,26H,5-7,9,11,13-15,18H2,1-4H3;2H,1H3/b19-16-;/t20-,23+;/m1./s1. The van der Waals surface area contributed by atoms with E-state index in [4.69, 9.17) is 9.84 Å². The van der Waals surface area contributed by atoms with Gasteiger partial charge in [0.2, 0.25) is 0 Å². The molecule has 0 saturated heterocycles. The lowest BCUT2D eigenvalue weighted by atomic mass is 9.79. The minimum Gasteiger partial charge on any atom is -0.458 e. The number of benzene rings is 1. The highest BCUT2D eigenvalue weighted by molar-refractivity contribution is 5.69. The van der Waals surface area contributed by atoms with Gasteiger partial charge in [-0.25, -0.2) is 0 Å². The van der Waals surface area contributed by atoms with Crippen molar-refractivity contribution < 1.29 is 19.7 Å². The van der Waals surface area contributed by atoms with Gasteiger partial charge in [-0.3, -0.25) is 4.79 Å². The van der Waals surface area contributed by atoms with Gasteiger partial charge in [0.05, 0.1) is 0 Å². The molecule has 2 rings (SSSR count). The molecule has 1 aliphatic heterocycles. The molecule has 2 bridgehead atoms. The molecule has 30 heavy (non-hydrogen) atoms. The summed E-state index contributed by atoms with van der Waals surface area (Å²) in [6.07, 6.45) is 9.09. The number of aryl methyl sites for hydroxylation is 1. The predicted molar refractivity (Wildman–Crippen MR) is 124 cm³/mol.